The lowest BCUT2D eigenvalue weighted by Crippen LogP contribution is -2.40. The van der Waals surface area contributed by atoms with Gasteiger partial charge in [0.05, 0.1) is 36.6 Å². The predicted molar refractivity (Wildman–Crippen MR) is 124 cm³/mol. The number of allylic oxidation sites excluding steroid dienone is 1. The topological polar surface area (TPSA) is 92.0 Å². The van der Waals surface area contributed by atoms with Crippen LogP contribution in [-0.2, 0) is 9.53 Å². The molecule has 0 unspecified atom stereocenters. The molecule has 3 heterocycles. The van der Waals surface area contributed by atoms with Gasteiger partial charge in [0.2, 0.25) is 0 Å². The zero-order chi connectivity index (χ0) is 23.5. The van der Waals surface area contributed by atoms with Crippen LogP contribution in [0.25, 0.3) is 6.08 Å². The minimum absolute atomic E-state index is 0.197. The molecule has 170 valence electrons. The molecule has 0 spiro atoms. The van der Waals surface area contributed by atoms with Crippen molar-refractivity contribution in [3.63, 3.8) is 0 Å². The van der Waals surface area contributed by atoms with E-state index in [9.17, 15) is 9.59 Å². The molecule has 9 heteroatoms. The molecule has 0 fully saturated rings. The van der Waals surface area contributed by atoms with Gasteiger partial charge in [0.25, 0.3) is 5.56 Å². The number of rotatable bonds is 6. The first-order valence-electron chi connectivity index (χ1n) is 10.3. The van der Waals surface area contributed by atoms with Gasteiger partial charge in [0.15, 0.2) is 4.80 Å². The van der Waals surface area contributed by atoms with Crippen molar-refractivity contribution < 1.29 is 19.0 Å². The number of nitrogens with zero attached hydrogens (tertiary/aromatic N) is 3. The van der Waals surface area contributed by atoms with Gasteiger partial charge in [-0.2, -0.15) is 0 Å². The summed E-state index contributed by atoms with van der Waals surface area (Å²) in [5, 5.41) is 0. The molecule has 1 aliphatic rings. The van der Waals surface area contributed by atoms with E-state index in [0.29, 0.717) is 32.1 Å². The quantitative estimate of drug-likeness (QED) is 0.519. The van der Waals surface area contributed by atoms with Crippen LogP contribution in [0, 0.1) is 0 Å². The van der Waals surface area contributed by atoms with E-state index < -0.39 is 12.0 Å². The highest BCUT2D eigenvalue weighted by Gasteiger charge is 2.35. The molecular formula is C24H23N3O5S. The Kier molecular flexibility index (Phi) is 6.41. The Balaban J connectivity index is 2.02. The van der Waals surface area contributed by atoms with Gasteiger partial charge in [-0.05, 0) is 49.8 Å². The van der Waals surface area contributed by atoms with Crippen LogP contribution in [0.3, 0.4) is 0 Å². The Morgan fingerprint density at radius 3 is 2.73 bits per heavy atom. The summed E-state index contributed by atoms with van der Waals surface area (Å²) in [6.45, 7) is 3.67. The summed E-state index contributed by atoms with van der Waals surface area (Å²) in [4.78, 5) is 35.8. The van der Waals surface area contributed by atoms with Crippen LogP contribution in [-0.4, -0.2) is 36.3 Å². The molecule has 0 saturated carbocycles. The molecule has 1 atom stereocenters. The Morgan fingerprint density at radius 2 is 2.06 bits per heavy atom. The third-order valence-electron chi connectivity index (χ3n) is 5.23. The molecule has 0 amide bonds. The number of carbonyl (C=O) groups is 1. The second-order valence-corrected chi connectivity index (χ2v) is 8.21. The van der Waals surface area contributed by atoms with E-state index in [0.717, 1.165) is 5.56 Å². The molecule has 0 N–H and O–H groups in total. The van der Waals surface area contributed by atoms with E-state index in [1.807, 2.05) is 6.07 Å². The third-order valence-corrected chi connectivity index (χ3v) is 6.21. The first kappa shape index (κ1) is 22.5. The predicted octanol–water partition coefficient (Wildman–Crippen LogP) is 2.21. The number of aromatic nitrogens is 2. The van der Waals surface area contributed by atoms with Crippen molar-refractivity contribution in [3.05, 3.63) is 84.8 Å². The Bertz CT molecular complexity index is 1410. The maximum Gasteiger partial charge on any atom is 0.338 e. The second kappa shape index (κ2) is 9.41. The molecule has 8 nitrogen and oxygen atoms in total. The fraction of sp³-hybridized carbons (Fsp3) is 0.250. The second-order valence-electron chi connectivity index (χ2n) is 7.20. The molecule has 0 bridgehead atoms. The normalized spacial score (nSPS) is 15.6. The number of hydrogen-bond donors (Lipinski definition) is 0. The summed E-state index contributed by atoms with van der Waals surface area (Å²) >= 11 is 1.25. The fourth-order valence-corrected chi connectivity index (χ4v) is 4.80. The van der Waals surface area contributed by atoms with Crippen molar-refractivity contribution in [2.75, 3.05) is 20.8 Å². The number of esters is 1. The van der Waals surface area contributed by atoms with Gasteiger partial charge in [0, 0.05) is 18.0 Å². The van der Waals surface area contributed by atoms with Crippen LogP contribution < -0.4 is 24.4 Å². The highest BCUT2D eigenvalue weighted by molar-refractivity contribution is 7.07. The fourth-order valence-electron chi connectivity index (χ4n) is 3.75. The molecule has 0 aliphatic carbocycles. The molecule has 1 aliphatic heterocycles. The first-order chi connectivity index (χ1) is 16.0. The number of hydrogen-bond acceptors (Lipinski definition) is 8. The van der Waals surface area contributed by atoms with E-state index in [4.69, 9.17) is 14.2 Å². The van der Waals surface area contributed by atoms with Crippen molar-refractivity contribution in [2.24, 2.45) is 4.99 Å². The molecule has 1 aromatic carbocycles. The minimum atomic E-state index is -0.790. The van der Waals surface area contributed by atoms with Crippen LogP contribution in [0.15, 0.2) is 63.8 Å². The minimum Gasteiger partial charge on any atom is -0.497 e. The van der Waals surface area contributed by atoms with E-state index in [1.165, 1.54) is 23.0 Å². The van der Waals surface area contributed by atoms with Gasteiger partial charge in [-0.1, -0.05) is 17.4 Å². The van der Waals surface area contributed by atoms with Crippen molar-refractivity contribution in [3.8, 4) is 11.5 Å². The van der Waals surface area contributed by atoms with Crippen molar-refractivity contribution in [1.29, 1.82) is 0 Å². The SMILES string of the molecule is CCOC(=O)C1=C(C)N=c2s/c(=C\c3cccnc3)c(=O)n2[C@H]1c1cc(OC)ccc1OC. The molecular weight excluding hydrogens is 442 g/mol. The van der Waals surface area contributed by atoms with Gasteiger partial charge < -0.3 is 14.2 Å². The van der Waals surface area contributed by atoms with Crippen LogP contribution in [0.5, 0.6) is 11.5 Å². The lowest BCUT2D eigenvalue weighted by Gasteiger charge is -2.26. The monoisotopic (exact) mass is 465 g/mol. The Morgan fingerprint density at radius 1 is 1.24 bits per heavy atom. The first-order valence-corrected chi connectivity index (χ1v) is 11.1. The molecule has 0 radical (unpaired) electrons. The third kappa shape index (κ3) is 4.19. The lowest BCUT2D eigenvalue weighted by atomic mass is 9.94. The molecule has 4 rings (SSSR count). The Labute approximate surface area is 194 Å². The van der Waals surface area contributed by atoms with Gasteiger partial charge in [0.1, 0.15) is 17.5 Å². The average Bonchev–Trinajstić information content (AvgIpc) is 3.12. The zero-order valence-electron chi connectivity index (χ0n) is 18.7. The zero-order valence-corrected chi connectivity index (χ0v) is 19.5. The summed E-state index contributed by atoms with van der Waals surface area (Å²) in [5.74, 6) is 0.551. The maximum atomic E-state index is 13.6. The van der Waals surface area contributed by atoms with Gasteiger partial charge in [-0.15, -0.1) is 0 Å². The van der Waals surface area contributed by atoms with E-state index in [-0.39, 0.29) is 17.7 Å². The van der Waals surface area contributed by atoms with Crippen molar-refractivity contribution in [1.82, 2.24) is 9.55 Å². The molecule has 2 aromatic heterocycles. The van der Waals surface area contributed by atoms with Crippen LogP contribution in [0.4, 0.5) is 0 Å². The highest BCUT2D eigenvalue weighted by Crippen LogP contribution is 2.37. The van der Waals surface area contributed by atoms with Gasteiger partial charge in [-0.3, -0.25) is 14.3 Å². The summed E-state index contributed by atoms with van der Waals surface area (Å²) in [6.07, 6.45) is 5.11. The number of methoxy groups -OCH3 is 2. The molecule has 33 heavy (non-hydrogen) atoms. The van der Waals surface area contributed by atoms with Crippen LogP contribution >= 0.6 is 11.3 Å². The highest BCUT2D eigenvalue weighted by atomic mass is 32.1. The number of fused-ring (bicyclic) bond motifs is 1. The molecule has 3 aromatic rings. The Hall–Kier alpha value is -3.72. The van der Waals surface area contributed by atoms with Gasteiger partial charge in [-0.25, -0.2) is 9.79 Å². The smallest absolute Gasteiger partial charge is 0.338 e. The summed E-state index contributed by atoms with van der Waals surface area (Å²) in [5.41, 5.74) is 1.89. The van der Waals surface area contributed by atoms with Crippen molar-refractivity contribution in [2.45, 2.75) is 19.9 Å². The van der Waals surface area contributed by atoms with E-state index in [1.54, 1.807) is 63.7 Å². The number of carbonyl (C=O) groups excluding carboxylic acids is 1. The largest absolute Gasteiger partial charge is 0.497 e. The van der Waals surface area contributed by atoms with Crippen LogP contribution in [0.1, 0.15) is 31.0 Å². The van der Waals surface area contributed by atoms with Gasteiger partial charge >= 0.3 is 5.97 Å². The average molecular weight is 466 g/mol. The molecule has 0 saturated heterocycles. The summed E-state index contributed by atoms with van der Waals surface area (Å²) in [6, 6.07) is 8.15. The van der Waals surface area contributed by atoms with Crippen LogP contribution in [0.2, 0.25) is 0 Å². The number of ether oxygens (including phenoxy) is 3. The number of benzene rings is 1. The maximum absolute atomic E-state index is 13.6. The lowest BCUT2D eigenvalue weighted by molar-refractivity contribution is -0.139. The number of pyridine rings is 1. The summed E-state index contributed by atoms with van der Waals surface area (Å²) < 4.78 is 18.3. The van der Waals surface area contributed by atoms with E-state index >= 15 is 0 Å². The summed E-state index contributed by atoms with van der Waals surface area (Å²) in [7, 11) is 3.09. The number of thiazole rings is 1. The van der Waals surface area contributed by atoms with Crippen molar-refractivity contribution >= 4 is 23.4 Å². The van der Waals surface area contributed by atoms with E-state index in [2.05, 4.69) is 9.98 Å². The standard InChI is InChI=1S/C24H23N3O5S/c1-5-32-23(29)20-14(2)26-24-27(21(20)17-12-16(30-3)8-9-18(17)31-4)22(28)19(33-24)11-15-7-6-10-25-13-15/h6-13,21H,5H2,1-4H3/b19-11-/t21-/m0/s1.